The average Bonchev–Trinajstić information content (AvgIpc) is 2.29. The van der Waals surface area contributed by atoms with Crippen LogP contribution >= 0.6 is 23.4 Å². The number of hydrogen-bond acceptors (Lipinski definition) is 3. The van der Waals surface area contributed by atoms with Crippen LogP contribution in [0.15, 0.2) is 46.2 Å². The average molecular weight is 250 g/mol. The maximum absolute atomic E-state index is 6.08. The zero-order chi connectivity index (χ0) is 11.1. The van der Waals surface area contributed by atoms with Crippen molar-refractivity contribution in [2.24, 2.45) is 0 Å². The lowest BCUT2D eigenvalue weighted by atomic mass is 10.3. The summed E-state index contributed by atoms with van der Waals surface area (Å²) >= 11 is 7.67. The highest BCUT2D eigenvalue weighted by atomic mass is 35.5. The molecule has 0 saturated carbocycles. The van der Waals surface area contributed by atoms with Gasteiger partial charge in [-0.3, -0.25) is 0 Å². The number of hydrogen-bond donors (Lipinski definition) is 1. The Morgan fingerprint density at radius 2 is 1.94 bits per heavy atom. The predicted octanol–water partition coefficient (Wildman–Crippen LogP) is 4.18. The van der Waals surface area contributed by atoms with Crippen LogP contribution in [0.4, 0.5) is 5.69 Å². The number of nitrogens with two attached hydrogens (primary N) is 1. The van der Waals surface area contributed by atoms with Crippen LogP contribution in [-0.4, -0.2) is 0 Å². The van der Waals surface area contributed by atoms with E-state index in [0.717, 1.165) is 21.2 Å². The summed E-state index contributed by atoms with van der Waals surface area (Å²) in [5, 5.41) is 0.623. The fourth-order valence-electron chi connectivity index (χ4n) is 1.61. The van der Waals surface area contributed by atoms with Gasteiger partial charge in [0.25, 0.3) is 0 Å². The molecule has 1 aliphatic rings. The second-order valence-corrected chi connectivity index (χ2v) is 4.91. The van der Waals surface area contributed by atoms with Crippen LogP contribution in [0.3, 0.4) is 0 Å². The van der Waals surface area contributed by atoms with Gasteiger partial charge in [0, 0.05) is 5.69 Å². The lowest BCUT2D eigenvalue weighted by molar-refractivity contribution is 0.455. The van der Waals surface area contributed by atoms with Crippen molar-refractivity contribution in [3.63, 3.8) is 0 Å². The number of para-hydroxylation sites is 1. The van der Waals surface area contributed by atoms with Crippen molar-refractivity contribution < 1.29 is 4.74 Å². The molecule has 1 heterocycles. The molecule has 2 N–H and O–H groups in total. The first-order chi connectivity index (χ1) is 7.75. The molecule has 2 aromatic rings. The first-order valence-corrected chi connectivity index (χ1v) is 5.98. The minimum Gasteiger partial charge on any atom is -0.453 e. The zero-order valence-electron chi connectivity index (χ0n) is 8.24. The van der Waals surface area contributed by atoms with Crippen molar-refractivity contribution in [2.75, 3.05) is 5.73 Å². The summed E-state index contributed by atoms with van der Waals surface area (Å²) in [7, 11) is 0. The molecule has 0 saturated heterocycles. The normalized spacial score (nSPS) is 12.6. The summed E-state index contributed by atoms with van der Waals surface area (Å²) in [5.41, 5.74) is 6.63. The maximum Gasteiger partial charge on any atom is 0.159 e. The third-order valence-electron chi connectivity index (χ3n) is 2.36. The number of ether oxygens (including phenoxy) is 1. The maximum atomic E-state index is 6.08. The van der Waals surface area contributed by atoms with Gasteiger partial charge in [-0.1, -0.05) is 35.5 Å². The molecule has 0 spiro atoms. The van der Waals surface area contributed by atoms with Gasteiger partial charge in [-0.15, -0.1) is 0 Å². The van der Waals surface area contributed by atoms with E-state index in [-0.39, 0.29) is 0 Å². The fourth-order valence-corrected chi connectivity index (χ4v) is 2.89. The van der Waals surface area contributed by atoms with Crippen molar-refractivity contribution >= 4 is 29.1 Å². The van der Waals surface area contributed by atoms with Crippen LogP contribution in [0.1, 0.15) is 0 Å². The number of rotatable bonds is 0. The van der Waals surface area contributed by atoms with E-state index in [1.165, 1.54) is 0 Å². The van der Waals surface area contributed by atoms with Crippen LogP contribution in [0.2, 0.25) is 5.02 Å². The number of benzene rings is 2. The predicted molar refractivity (Wildman–Crippen MR) is 66.5 cm³/mol. The van der Waals surface area contributed by atoms with Gasteiger partial charge in [-0.2, -0.15) is 0 Å². The number of anilines is 1. The Morgan fingerprint density at radius 1 is 1.12 bits per heavy atom. The van der Waals surface area contributed by atoms with Crippen molar-refractivity contribution in [1.29, 1.82) is 0 Å². The summed E-state index contributed by atoms with van der Waals surface area (Å²) in [5.74, 6) is 1.48. The molecular weight excluding hydrogens is 242 g/mol. The van der Waals surface area contributed by atoms with Gasteiger partial charge in [0.1, 0.15) is 5.75 Å². The molecule has 2 nitrogen and oxygen atoms in total. The molecule has 4 heteroatoms. The van der Waals surface area contributed by atoms with Crippen molar-refractivity contribution in [1.82, 2.24) is 0 Å². The first-order valence-electron chi connectivity index (χ1n) is 4.78. The Hall–Kier alpha value is -1.32. The Morgan fingerprint density at radius 3 is 2.81 bits per heavy atom. The molecule has 3 rings (SSSR count). The highest BCUT2D eigenvalue weighted by Gasteiger charge is 2.21. The van der Waals surface area contributed by atoms with Gasteiger partial charge in [-0.05, 0) is 24.3 Å². The summed E-state index contributed by atoms with van der Waals surface area (Å²) in [6.07, 6.45) is 0. The highest BCUT2D eigenvalue weighted by Crippen LogP contribution is 2.51. The number of halogens is 1. The van der Waals surface area contributed by atoms with Crippen LogP contribution in [0.25, 0.3) is 0 Å². The fraction of sp³-hybridized carbons (Fsp3) is 0. The van der Waals surface area contributed by atoms with Gasteiger partial charge >= 0.3 is 0 Å². The molecule has 1 aliphatic heterocycles. The lowest BCUT2D eigenvalue weighted by Crippen LogP contribution is -1.98. The quantitative estimate of drug-likeness (QED) is 0.607. The van der Waals surface area contributed by atoms with E-state index in [4.69, 9.17) is 22.1 Å². The van der Waals surface area contributed by atoms with E-state index in [0.29, 0.717) is 10.8 Å². The molecular formula is C12H8ClNOS. The second kappa shape index (κ2) is 3.61. The van der Waals surface area contributed by atoms with Crippen LogP contribution in [0.5, 0.6) is 11.5 Å². The van der Waals surface area contributed by atoms with Gasteiger partial charge < -0.3 is 10.5 Å². The van der Waals surface area contributed by atoms with E-state index in [2.05, 4.69) is 0 Å². The minimum absolute atomic E-state index is 0.623. The summed E-state index contributed by atoms with van der Waals surface area (Å²) < 4.78 is 5.76. The topological polar surface area (TPSA) is 35.2 Å². The van der Waals surface area contributed by atoms with Crippen LogP contribution in [-0.2, 0) is 0 Å². The molecule has 0 aliphatic carbocycles. The van der Waals surface area contributed by atoms with Gasteiger partial charge in [0.05, 0.1) is 14.8 Å². The third kappa shape index (κ3) is 1.44. The molecule has 0 atom stereocenters. The van der Waals surface area contributed by atoms with E-state index in [1.807, 2.05) is 36.4 Å². The van der Waals surface area contributed by atoms with Crippen molar-refractivity contribution in [3.05, 3.63) is 41.4 Å². The SMILES string of the molecule is Nc1cccc2c1Sc1cccc(Cl)c1O2. The lowest BCUT2D eigenvalue weighted by Gasteiger charge is -2.21. The van der Waals surface area contributed by atoms with E-state index >= 15 is 0 Å². The van der Waals surface area contributed by atoms with Gasteiger partial charge in [0.15, 0.2) is 5.75 Å². The number of nitrogen functional groups attached to an aromatic ring is 1. The molecule has 16 heavy (non-hydrogen) atoms. The molecule has 2 aromatic carbocycles. The molecule has 80 valence electrons. The van der Waals surface area contributed by atoms with E-state index in [1.54, 1.807) is 11.8 Å². The Labute approximate surface area is 102 Å². The summed E-state index contributed by atoms with van der Waals surface area (Å²) in [6.45, 7) is 0. The second-order valence-electron chi connectivity index (χ2n) is 3.45. The number of fused-ring (bicyclic) bond motifs is 2. The minimum atomic E-state index is 0.623. The Balaban J connectivity index is 2.17. The largest absolute Gasteiger partial charge is 0.453 e. The monoisotopic (exact) mass is 249 g/mol. The summed E-state index contributed by atoms with van der Waals surface area (Å²) in [6, 6.07) is 11.3. The van der Waals surface area contributed by atoms with Crippen molar-refractivity contribution in [3.8, 4) is 11.5 Å². The molecule has 0 aromatic heterocycles. The first kappa shape index (κ1) is 9.87. The van der Waals surface area contributed by atoms with E-state index in [9.17, 15) is 0 Å². The summed E-state index contributed by atoms with van der Waals surface area (Å²) in [4.78, 5) is 1.95. The highest BCUT2D eigenvalue weighted by molar-refractivity contribution is 7.99. The molecule has 0 amide bonds. The molecule has 0 radical (unpaired) electrons. The molecule has 0 bridgehead atoms. The van der Waals surface area contributed by atoms with Crippen LogP contribution < -0.4 is 10.5 Å². The standard InChI is InChI=1S/C12H8ClNOS/c13-7-3-1-6-10-11(7)15-9-5-2-4-8(14)12(9)16-10/h1-6H,14H2. The molecule has 0 fully saturated rings. The third-order valence-corrected chi connectivity index (χ3v) is 3.84. The zero-order valence-corrected chi connectivity index (χ0v) is 9.81. The smallest absolute Gasteiger partial charge is 0.159 e. The Bertz CT molecular complexity index is 519. The Kier molecular flexibility index (Phi) is 2.23. The van der Waals surface area contributed by atoms with Crippen molar-refractivity contribution in [2.45, 2.75) is 9.79 Å². The van der Waals surface area contributed by atoms with Crippen LogP contribution in [0, 0.1) is 0 Å². The van der Waals surface area contributed by atoms with E-state index < -0.39 is 0 Å². The van der Waals surface area contributed by atoms with Gasteiger partial charge in [-0.25, -0.2) is 0 Å². The van der Waals surface area contributed by atoms with Gasteiger partial charge in [0.2, 0.25) is 0 Å². The molecule has 0 unspecified atom stereocenters.